The van der Waals surface area contributed by atoms with Crippen molar-refractivity contribution in [1.82, 2.24) is 0 Å². The van der Waals surface area contributed by atoms with Crippen LogP contribution in [0.15, 0.2) is 12.3 Å². The fourth-order valence-corrected chi connectivity index (χ4v) is 3.55. The molecule has 65 valence electrons. The fraction of sp³-hybridized carbons (Fsp3) is 0.750. The van der Waals surface area contributed by atoms with Crippen LogP contribution in [-0.2, 0) is 22.4 Å². The van der Waals surface area contributed by atoms with E-state index in [0.717, 1.165) is 0 Å². The van der Waals surface area contributed by atoms with Gasteiger partial charge in [0.05, 0.1) is 8.07 Å². The van der Waals surface area contributed by atoms with Crippen molar-refractivity contribution in [2.75, 3.05) is 0 Å². The molecule has 10 heavy (non-hydrogen) atoms. The van der Waals surface area contributed by atoms with E-state index in [9.17, 15) is 0 Å². The summed E-state index contributed by atoms with van der Waals surface area (Å²) in [6, 6.07) is 4.09. The van der Waals surface area contributed by atoms with E-state index in [1.165, 1.54) is 18.1 Å². The normalized spacial score (nSPS) is 10.3. The van der Waals surface area contributed by atoms with Crippen molar-refractivity contribution in [3.05, 3.63) is 12.3 Å². The molecule has 0 amide bonds. The van der Waals surface area contributed by atoms with Gasteiger partial charge in [-0.3, -0.25) is 0 Å². The summed E-state index contributed by atoms with van der Waals surface area (Å²) in [5, 5.41) is 0. The minimum absolute atomic E-state index is 0. The fourth-order valence-electron chi connectivity index (χ4n) is 1.18. The zero-order chi connectivity index (χ0) is 7.33. The Balaban J connectivity index is 0. The molecule has 0 aromatic rings. The van der Waals surface area contributed by atoms with Crippen LogP contribution in [0, 0.1) is 0 Å². The molecule has 2 heteroatoms. The third-order valence-corrected chi connectivity index (χ3v) is 7.64. The van der Waals surface area contributed by atoms with E-state index in [1.807, 2.05) is 0 Å². The molecule has 0 N–H and O–H groups in total. The maximum absolute atomic E-state index is 3.91. The summed E-state index contributed by atoms with van der Waals surface area (Å²) in [6.07, 6.45) is 0. The van der Waals surface area contributed by atoms with Crippen LogP contribution in [0.3, 0.4) is 0 Å². The SMILES string of the molecule is C=C[Si](CC)(CC)CC.[Ag]. The van der Waals surface area contributed by atoms with E-state index < -0.39 is 8.07 Å². The first-order chi connectivity index (χ1) is 4.24. The molecular weight excluding hydrogens is 232 g/mol. The molecule has 0 saturated carbocycles. The third-order valence-electron chi connectivity index (χ3n) is 2.55. The Hall–Kier alpha value is 0.697. The van der Waals surface area contributed by atoms with Crippen LogP contribution in [0.5, 0.6) is 0 Å². The molecule has 0 unspecified atom stereocenters. The summed E-state index contributed by atoms with van der Waals surface area (Å²) in [6.45, 7) is 10.8. The van der Waals surface area contributed by atoms with Gasteiger partial charge in [-0.05, 0) is 0 Å². The first kappa shape index (κ1) is 13.3. The molecule has 0 fully saturated rings. The predicted octanol–water partition coefficient (Wildman–Crippen LogP) is 3.22. The maximum atomic E-state index is 3.91. The van der Waals surface area contributed by atoms with Crippen LogP contribution in [0.1, 0.15) is 20.8 Å². The Bertz CT molecular complexity index is 79.0. The number of rotatable bonds is 4. The number of hydrogen-bond acceptors (Lipinski definition) is 0. The van der Waals surface area contributed by atoms with Crippen molar-refractivity contribution >= 4 is 8.07 Å². The average molecular weight is 250 g/mol. The quantitative estimate of drug-likeness (QED) is 0.672. The molecule has 0 nitrogen and oxygen atoms in total. The van der Waals surface area contributed by atoms with Crippen LogP contribution in [0.4, 0.5) is 0 Å². The van der Waals surface area contributed by atoms with Gasteiger partial charge in [-0.15, -0.1) is 12.3 Å². The Morgan fingerprint density at radius 1 is 1.10 bits per heavy atom. The Morgan fingerprint density at radius 3 is 1.40 bits per heavy atom. The minimum Gasteiger partial charge on any atom is -0.107 e. The molecule has 0 saturated heterocycles. The van der Waals surface area contributed by atoms with E-state index >= 15 is 0 Å². The number of hydrogen-bond donors (Lipinski definition) is 0. The van der Waals surface area contributed by atoms with Crippen molar-refractivity contribution < 1.29 is 22.4 Å². The topological polar surface area (TPSA) is 0 Å². The maximum Gasteiger partial charge on any atom is 0.0762 e. The van der Waals surface area contributed by atoms with Gasteiger partial charge in [-0.2, -0.15) is 0 Å². The minimum atomic E-state index is -0.927. The zero-order valence-corrected chi connectivity index (χ0v) is 9.69. The first-order valence-electron chi connectivity index (χ1n) is 3.88. The molecule has 0 spiro atoms. The predicted molar refractivity (Wildman–Crippen MR) is 47.4 cm³/mol. The molecule has 0 heterocycles. The summed E-state index contributed by atoms with van der Waals surface area (Å²) in [4.78, 5) is 0. The van der Waals surface area contributed by atoms with Crippen LogP contribution in [-0.4, -0.2) is 8.07 Å². The van der Waals surface area contributed by atoms with Gasteiger partial charge in [0.25, 0.3) is 0 Å². The Morgan fingerprint density at radius 2 is 1.40 bits per heavy atom. The molecule has 0 aliphatic carbocycles. The van der Waals surface area contributed by atoms with Crippen LogP contribution in [0.25, 0.3) is 0 Å². The summed E-state index contributed by atoms with van der Waals surface area (Å²) in [5.41, 5.74) is 2.24. The average Bonchev–Trinajstić information content (AvgIpc) is 1.95. The second-order valence-corrected chi connectivity index (χ2v) is 7.88. The van der Waals surface area contributed by atoms with Crippen LogP contribution in [0.2, 0.25) is 18.1 Å². The van der Waals surface area contributed by atoms with E-state index in [0.29, 0.717) is 0 Å². The van der Waals surface area contributed by atoms with E-state index in [-0.39, 0.29) is 22.4 Å². The third kappa shape index (κ3) is 3.20. The Kier molecular flexibility index (Phi) is 8.52. The molecule has 0 bridgehead atoms. The standard InChI is InChI=1S/C8H18Si.Ag/c1-5-9(6-2,7-3)8-4;/h5H,1,6-8H2,2-4H3;. The summed E-state index contributed by atoms with van der Waals surface area (Å²) < 4.78 is 0. The van der Waals surface area contributed by atoms with Crippen molar-refractivity contribution in [2.45, 2.75) is 38.9 Å². The van der Waals surface area contributed by atoms with Crippen molar-refractivity contribution in [2.24, 2.45) is 0 Å². The summed E-state index contributed by atoms with van der Waals surface area (Å²) >= 11 is 0. The Labute approximate surface area is 81.6 Å². The molecule has 0 rings (SSSR count). The van der Waals surface area contributed by atoms with Gasteiger partial charge < -0.3 is 0 Å². The van der Waals surface area contributed by atoms with E-state index in [4.69, 9.17) is 0 Å². The summed E-state index contributed by atoms with van der Waals surface area (Å²) in [5.74, 6) is 0. The zero-order valence-electron chi connectivity index (χ0n) is 7.21. The second-order valence-electron chi connectivity index (χ2n) is 2.63. The van der Waals surface area contributed by atoms with E-state index in [2.05, 4.69) is 33.0 Å². The monoisotopic (exact) mass is 249 g/mol. The molecule has 0 atom stereocenters. The van der Waals surface area contributed by atoms with E-state index in [1.54, 1.807) is 0 Å². The summed E-state index contributed by atoms with van der Waals surface area (Å²) in [7, 11) is -0.927. The molecular formula is C8H18AgSi. The van der Waals surface area contributed by atoms with Crippen molar-refractivity contribution in [1.29, 1.82) is 0 Å². The smallest absolute Gasteiger partial charge is 0.0762 e. The largest absolute Gasteiger partial charge is 0.107 e. The molecule has 0 aromatic heterocycles. The molecule has 0 aromatic carbocycles. The van der Waals surface area contributed by atoms with Crippen LogP contribution < -0.4 is 0 Å². The van der Waals surface area contributed by atoms with Gasteiger partial charge in [-0.1, -0.05) is 38.9 Å². The van der Waals surface area contributed by atoms with Gasteiger partial charge in [0.15, 0.2) is 0 Å². The van der Waals surface area contributed by atoms with Gasteiger partial charge in [0.1, 0.15) is 0 Å². The van der Waals surface area contributed by atoms with Gasteiger partial charge in [0, 0.05) is 22.4 Å². The van der Waals surface area contributed by atoms with Crippen molar-refractivity contribution in [3.63, 3.8) is 0 Å². The molecule has 0 aliphatic heterocycles. The molecule has 1 radical (unpaired) electrons. The van der Waals surface area contributed by atoms with Crippen molar-refractivity contribution in [3.8, 4) is 0 Å². The van der Waals surface area contributed by atoms with Crippen LogP contribution >= 0.6 is 0 Å². The van der Waals surface area contributed by atoms with Gasteiger partial charge in [-0.25, -0.2) is 0 Å². The van der Waals surface area contributed by atoms with Gasteiger partial charge in [0.2, 0.25) is 0 Å². The molecule has 0 aliphatic rings. The first-order valence-corrected chi connectivity index (χ1v) is 6.58. The second kappa shape index (κ2) is 6.41. The van der Waals surface area contributed by atoms with Gasteiger partial charge >= 0.3 is 0 Å².